The van der Waals surface area contributed by atoms with E-state index >= 15 is 0 Å². The lowest BCUT2D eigenvalue weighted by Crippen LogP contribution is -3.14. The summed E-state index contributed by atoms with van der Waals surface area (Å²) in [5, 5.41) is 2.84. The lowest BCUT2D eigenvalue weighted by molar-refractivity contribution is -0.894. The van der Waals surface area contributed by atoms with Crippen LogP contribution in [0.5, 0.6) is 5.75 Å². The molecule has 1 aliphatic heterocycles. The predicted molar refractivity (Wildman–Crippen MR) is 85.2 cm³/mol. The monoisotopic (exact) mass is 327 g/mol. The number of carbonyl (C=O) groups is 1. The first kappa shape index (κ1) is 16.8. The summed E-state index contributed by atoms with van der Waals surface area (Å²) in [5.41, 5.74) is 1.66. The molecule has 1 fully saturated rings. The molecule has 1 aromatic rings. The van der Waals surface area contributed by atoms with E-state index in [9.17, 15) is 13.2 Å². The van der Waals surface area contributed by atoms with Crippen molar-refractivity contribution in [3.63, 3.8) is 0 Å². The van der Waals surface area contributed by atoms with E-state index in [4.69, 9.17) is 4.74 Å². The van der Waals surface area contributed by atoms with E-state index in [-0.39, 0.29) is 30.0 Å². The van der Waals surface area contributed by atoms with E-state index in [1.807, 2.05) is 32.2 Å². The highest BCUT2D eigenvalue weighted by Gasteiger charge is 2.34. The van der Waals surface area contributed by atoms with Gasteiger partial charge in [-0.1, -0.05) is 6.07 Å². The Morgan fingerprint density at radius 3 is 2.77 bits per heavy atom. The molecule has 0 saturated carbocycles. The number of aryl methyl sites for hydroxylation is 1. The highest BCUT2D eigenvalue weighted by Crippen LogP contribution is 2.24. The zero-order chi connectivity index (χ0) is 16.3. The van der Waals surface area contributed by atoms with Crippen molar-refractivity contribution in [2.45, 2.75) is 19.4 Å². The second-order valence-electron chi connectivity index (χ2n) is 5.88. The van der Waals surface area contributed by atoms with Crippen LogP contribution in [0.1, 0.15) is 12.0 Å². The van der Waals surface area contributed by atoms with Crippen LogP contribution in [0.2, 0.25) is 0 Å². The zero-order valence-corrected chi connectivity index (χ0v) is 14.0. The molecule has 1 amide bonds. The molecule has 1 aromatic carbocycles. The maximum Gasteiger partial charge on any atom is 0.279 e. The summed E-state index contributed by atoms with van der Waals surface area (Å²) in [4.78, 5) is 13.1. The molecule has 2 rings (SSSR count). The molecule has 1 aliphatic rings. The van der Waals surface area contributed by atoms with Gasteiger partial charge in [0.2, 0.25) is 0 Å². The van der Waals surface area contributed by atoms with E-state index < -0.39 is 9.84 Å². The fourth-order valence-electron chi connectivity index (χ4n) is 2.70. The number of quaternary nitrogens is 1. The normalized spacial score (nSPS) is 21.3. The number of benzene rings is 1. The number of carbonyl (C=O) groups excluding carboxylic acids is 1. The number of amides is 1. The van der Waals surface area contributed by atoms with Crippen molar-refractivity contribution in [3.05, 3.63) is 23.8 Å². The number of anilines is 1. The van der Waals surface area contributed by atoms with Crippen molar-refractivity contribution < 1.29 is 22.8 Å². The topological polar surface area (TPSA) is 76.9 Å². The van der Waals surface area contributed by atoms with Gasteiger partial charge >= 0.3 is 0 Å². The van der Waals surface area contributed by atoms with Gasteiger partial charge in [-0.2, -0.15) is 0 Å². The number of methoxy groups -OCH3 is 1. The van der Waals surface area contributed by atoms with Crippen LogP contribution >= 0.6 is 0 Å². The van der Waals surface area contributed by atoms with Crippen molar-refractivity contribution in [3.8, 4) is 5.75 Å². The van der Waals surface area contributed by atoms with Gasteiger partial charge in [-0.05, 0) is 24.6 Å². The molecule has 0 radical (unpaired) electrons. The van der Waals surface area contributed by atoms with E-state index in [2.05, 4.69) is 5.32 Å². The first-order chi connectivity index (χ1) is 10.3. The Kier molecular flexibility index (Phi) is 5.08. The van der Waals surface area contributed by atoms with E-state index in [0.717, 1.165) is 10.5 Å². The smallest absolute Gasteiger partial charge is 0.279 e. The number of hydrogen-bond acceptors (Lipinski definition) is 4. The molecule has 2 N–H and O–H groups in total. The summed E-state index contributed by atoms with van der Waals surface area (Å²) in [6.45, 7) is 2.17. The van der Waals surface area contributed by atoms with Crippen LogP contribution in [0.15, 0.2) is 18.2 Å². The summed E-state index contributed by atoms with van der Waals surface area (Å²) in [7, 11) is 0.492. The Morgan fingerprint density at radius 2 is 2.18 bits per heavy atom. The average Bonchev–Trinajstić information content (AvgIpc) is 2.79. The van der Waals surface area contributed by atoms with Crippen LogP contribution in [-0.2, 0) is 14.6 Å². The first-order valence-electron chi connectivity index (χ1n) is 7.28. The van der Waals surface area contributed by atoms with Gasteiger partial charge in [0.1, 0.15) is 17.5 Å². The Bertz CT molecular complexity index is 658. The molecule has 122 valence electrons. The summed E-state index contributed by atoms with van der Waals surface area (Å²) >= 11 is 0. The van der Waals surface area contributed by atoms with Crippen molar-refractivity contribution >= 4 is 21.4 Å². The van der Waals surface area contributed by atoms with Crippen LogP contribution in [-0.4, -0.2) is 52.6 Å². The van der Waals surface area contributed by atoms with Crippen molar-refractivity contribution in [2.75, 3.05) is 37.5 Å². The fourth-order valence-corrected chi connectivity index (χ4v) is 4.57. The van der Waals surface area contributed by atoms with Gasteiger partial charge < -0.3 is 15.0 Å². The summed E-state index contributed by atoms with van der Waals surface area (Å²) in [5.74, 6) is 0.855. The minimum absolute atomic E-state index is 0.00449. The molecule has 1 saturated heterocycles. The van der Waals surface area contributed by atoms with Gasteiger partial charge in [-0.15, -0.1) is 0 Å². The second-order valence-corrected chi connectivity index (χ2v) is 8.10. The van der Waals surface area contributed by atoms with Gasteiger partial charge in [-0.25, -0.2) is 8.42 Å². The van der Waals surface area contributed by atoms with Crippen LogP contribution in [0.3, 0.4) is 0 Å². The first-order valence-corrected chi connectivity index (χ1v) is 9.10. The van der Waals surface area contributed by atoms with E-state index in [1.54, 1.807) is 7.11 Å². The number of rotatable bonds is 5. The third kappa shape index (κ3) is 4.20. The maximum absolute atomic E-state index is 12.2. The summed E-state index contributed by atoms with van der Waals surface area (Å²) in [6.07, 6.45) is 0.620. The highest BCUT2D eigenvalue weighted by molar-refractivity contribution is 7.91. The number of nitrogens with one attached hydrogen (secondary N) is 2. The Morgan fingerprint density at radius 1 is 1.45 bits per heavy atom. The standard InChI is InChI=1S/C15H22N2O4S/c1-11-4-5-14(21-3)13(8-11)16-15(18)9-17(2)12-6-7-22(19,20)10-12/h4-5,8,12H,6-7,9-10H2,1-3H3,(H,16,18)/p+1/t12-/m0/s1. The Hall–Kier alpha value is -1.60. The minimum atomic E-state index is -2.92. The van der Waals surface area contributed by atoms with Crippen molar-refractivity contribution in [2.24, 2.45) is 0 Å². The number of sulfone groups is 1. The van der Waals surface area contributed by atoms with Gasteiger partial charge in [0.05, 0.1) is 25.6 Å². The van der Waals surface area contributed by atoms with Crippen molar-refractivity contribution in [1.82, 2.24) is 0 Å². The van der Waals surface area contributed by atoms with Crippen LogP contribution in [0.4, 0.5) is 5.69 Å². The number of ether oxygens (including phenoxy) is 1. The zero-order valence-electron chi connectivity index (χ0n) is 13.2. The van der Waals surface area contributed by atoms with Crippen LogP contribution in [0.25, 0.3) is 0 Å². The molecular formula is C15H23N2O4S+. The summed E-state index contributed by atoms with van der Waals surface area (Å²) < 4.78 is 28.3. The molecule has 22 heavy (non-hydrogen) atoms. The molecule has 2 atom stereocenters. The van der Waals surface area contributed by atoms with Gasteiger partial charge in [-0.3, -0.25) is 4.79 Å². The van der Waals surface area contributed by atoms with Gasteiger partial charge in [0.15, 0.2) is 16.4 Å². The molecule has 1 heterocycles. The minimum Gasteiger partial charge on any atom is -0.495 e. The molecule has 0 bridgehead atoms. The third-order valence-corrected chi connectivity index (χ3v) is 5.77. The maximum atomic E-state index is 12.2. The predicted octanol–water partition coefficient (Wildman–Crippen LogP) is -0.356. The lowest BCUT2D eigenvalue weighted by Gasteiger charge is -2.20. The fraction of sp³-hybridized carbons (Fsp3) is 0.533. The Balaban J connectivity index is 1.97. The second kappa shape index (κ2) is 6.66. The average molecular weight is 327 g/mol. The van der Waals surface area contributed by atoms with E-state index in [0.29, 0.717) is 17.9 Å². The van der Waals surface area contributed by atoms with Gasteiger partial charge in [0, 0.05) is 6.42 Å². The van der Waals surface area contributed by atoms with Crippen molar-refractivity contribution in [1.29, 1.82) is 0 Å². The van der Waals surface area contributed by atoms with Gasteiger partial charge in [0.25, 0.3) is 5.91 Å². The van der Waals surface area contributed by atoms with Crippen LogP contribution in [0, 0.1) is 6.92 Å². The Labute approximate surface area is 131 Å². The quantitative estimate of drug-likeness (QED) is 0.775. The van der Waals surface area contributed by atoms with E-state index in [1.165, 1.54) is 0 Å². The molecule has 1 unspecified atom stereocenters. The van der Waals surface area contributed by atoms with Crippen LogP contribution < -0.4 is 15.0 Å². The molecule has 7 heteroatoms. The molecule has 0 spiro atoms. The SMILES string of the molecule is COc1ccc(C)cc1NC(=O)C[NH+](C)[C@H]1CCS(=O)(=O)C1. The summed E-state index contributed by atoms with van der Waals surface area (Å²) in [6, 6.07) is 5.57. The largest absolute Gasteiger partial charge is 0.495 e. The molecule has 0 aromatic heterocycles. The molecule has 6 nitrogen and oxygen atoms in total. The number of hydrogen-bond donors (Lipinski definition) is 2. The highest BCUT2D eigenvalue weighted by atomic mass is 32.2. The number of likely N-dealkylation sites (N-methyl/N-ethyl adjacent to an activating group) is 1. The third-order valence-electron chi connectivity index (χ3n) is 4.00. The molecule has 0 aliphatic carbocycles. The molecular weight excluding hydrogens is 304 g/mol. The lowest BCUT2D eigenvalue weighted by atomic mass is 10.2.